The van der Waals surface area contributed by atoms with Crippen LogP contribution in [0.1, 0.15) is 24.4 Å². The molecule has 1 N–H and O–H groups in total. The van der Waals surface area contributed by atoms with E-state index in [0.29, 0.717) is 29.9 Å². The minimum Gasteiger partial charge on any atom is -0.497 e. The lowest BCUT2D eigenvalue weighted by atomic mass is 10.0. The average Bonchev–Trinajstić information content (AvgIpc) is 3.52. The summed E-state index contributed by atoms with van der Waals surface area (Å²) in [5.74, 6) is 3.35. The van der Waals surface area contributed by atoms with Crippen LogP contribution in [0.4, 0.5) is 0 Å². The standard InChI is InChI=1S/C23H24N4O4S/c1-29-17-7-4-15(5-8-17)22-24-23(26-25-22)32-14-21(28)27-10-2-3-18(27)16-6-9-19-20(13-16)31-12-11-30-19/h4-9,13,18H,2-3,10-12,14H2,1H3,(H,24,25,26)/t18-/m1/s1. The van der Waals surface area contributed by atoms with Crippen LogP contribution < -0.4 is 14.2 Å². The third-order valence-corrected chi connectivity index (χ3v) is 6.51. The summed E-state index contributed by atoms with van der Waals surface area (Å²) < 4.78 is 16.5. The van der Waals surface area contributed by atoms with Crippen LogP contribution in [0.5, 0.6) is 17.2 Å². The van der Waals surface area contributed by atoms with Crippen LogP contribution in [-0.2, 0) is 4.79 Å². The maximum Gasteiger partial charge on any atom is 0.233 e. The molecule has 32 heavy (non-hydrogen) atoms. The molecule has 9 heteroatoms. The van der Waals surface area contributed by atoms with Gasteiger partial charge in [-0.05, 0) is 54.8 Å². The Balaban J connectivity index is 1.22. The largest absolute Gasteiger partial charge is 0.497 e. The number of amides is 1. The Morgan fingerprint density at radius 1 is 1.19 bits per heavy atom. The van der Waals surface area contributed by atoms with Gasteiger partial charge in [0, 0.05) is 12.1 Å². The number of fused-ring (bicyclic) bond motifs is 1. The van der Waals surface area contributed by atoms with E-state index in [1.165, 1.54) is 11.8 Å². The Morgan fingerprint density at radius 2 is 2.00 bits per heavy atom. The van der Waals surface area contributed by atoms with Crippen molar-refractivity contribution in [2.45, 2.75) is 24.0 Å². The molecule has 1 aromatic heterocycles. The van der Waals surface area contributed by atoms with Crippen molar-refractivity contribution < 1.29 is 19.0 Å². The zero-order valence-electron chi connectivity index (χ0n) is 17.7. The molecule has 1 saturated heterocycles. The number of carbonyl (C=O) groups is 1. The molecule has 3 aromatic rings. The van der Waals surface area contributed by atoms with Crippen LogP contribution >= 0.6 is 11.8 Å². The van der Waals surface area contributed by atoms with Crippen molar-refractivity contribution in [2.24, 2.45) is 0 Å². The van der Waals surface area contributed by atoms with Gasteiger partial charge in [-0.25, -0.2) is 4.98 Å². The first-order chi connectivity index (χ1) is 15.7. The van der Waals surface area contributed by atoms with Gasteiger partial charge in [-0.1, -0.05) is 17.8 Å². The maximum absolute atomic E-state index is 13.0. The average molecular weight is 453 g/mol. The molecule has 0 aliphatic carbocycles. The predicted molar refractivity (Wildman–Crippen MR) is 120 cm³/mol. The Morgan fingerprint density at radius 3 is 2.81 bits per heavy atom. The second-order valence-electron chi connectivity index (χ2n) is 7.63. The van der Waals surface area contributed by atoms with Crippen LogP contribution in [0.15, 0.2) is 47.6 Å². The molecule has 2 aliphatic rings. The molecule has 8 nitrogen and oxygen atoms in total. The second-order valence-corrected chi connectivity index (χ2v) is 8.57. The molecule has 5 rings (SSSR count). The summed E-state index contributed by atoms with van der Waals surface area (Å²) in [5.41, 5.74) is 2.00. The minimum atomic E-state index is 0.0564. The molecular formula is C23H24N4O4S. The summed E-state index contributed by atoms with van der Waals surface area (Å²) in [5, 5.41) is 7.75. The Hall–Kier alpha value is -3.20. The number of methoxy groups -OCH3 is 1. The molecular weight excluding hydrogens is 428 g/mol. The van der Waals surface area contributed by atoms with E-state index in [9.17, 15) is 4.79 Å². The monoisotopic (exact) mass is 452 g/mol. The molecule has 2 aromatic carbocycles. The molecule has 1 amide bonds. The van der Waals surface area contributed by atoms with Gasteiger partial charge in [0.25, 0.3) is 0 Å². The fourth-order valence-electron chi connectivity index (χ4n) is 4.08. The van der Waals surface area contributed by atoms with Crippen molar-refractivity contribution in [2.75, 3.05) is 32.6 Å². The first kappa shape index (κ1) is 20.7. The van der Waals surface area contributed by atoms with Crippen molar-refractivity contribution in [1.82, 2.24) is 20.1 Å². The molecule has 0 radical (unpaired) electrons. The van der Waals surface area contributed by atoms with Crippen molar-refractivity contribution >= 4 is 17.7 Å². The first-order valence-electron chi connectivity index (χ1n) is 10.6. The highest BCUT2D eigenvalue weighted by atomic mass is 32.2. The van der Waals surface area contributed by atoms with E-state index >= 15 is 0 Å². The zero-order chi connectivity index (χ0) is 21.9. The number of nitrogens with one attached hydrogen (secondary N) is 1. The van der Waals surface area contributed by atoms with Crippen LogP contribution in [0, 0.1) is 0 Å². The number of ether oxygens (including phenoxy) is 3. The molecule has 2 aliphatic heterocycles. The molecule has 0 bridgehead atoms. The van der Waals surface area contributed by atoms with Gasteiger partial charge in [0.2, 0.25) is 11.1 Å². The van der Waals surface area contributed by atoms with Crippen molar-refractivity contribution in [1.29, 1.82) is 0 Å². The number of hydrogen-bond donors (Lipinski definition) is 1. The van der Waals surface area contributed by atoms with Gasteiger partial charge in [0.05, 0.1) is 18.9 Å². The van der Waals surface area contributed by atoms with Crippen molar-refractivity contribution in [3.05, 3.63) is 48.0 Å². The third kappa shape index (κ3) is 4.25. The summed E-state index contributed by atoms with van der Waals surface area (Å²) in [6, 6.07) is 13.6. The smallest absolute Gasteiger partial charge is 0.233 e. The summed E-state index contributed by atoms with van der Waals surface area (Å²) >= 11 is 1.34. The van der Waals surface area contributed by atoms with Gasteiger partial charge < -0.3 is 19.1 Å². The lowest BCUT2D eigenvalue weighted by Crippen LogP contribution is -2.32. The molecule has 0 spiro atoms. The zero-order valence-corrected chi connectivity index (χ0v) is 18.6. The third-order valence-electron chi connectivity index (χ3n) is 5.68. The number of aromatic nitrogens is 3. The molecule has 1 atom stereocenters. The summed E-state index contributed by atoms with van der Waals surface area (Å²) in [4.78, 5) is 19.5. The highest BCUT2D eigenvalue weighted by molar-refractivity contribution is 7.99. The van der Waals surface area contributed by atoms with Gasteiger partial charge in [-0.2, -0.15) is 0 Å². The Labute approximate surface area is 190 Å². The summed E-state index contributed by atoms with van der Waals surface area (Å²) in [6.45, 7) is 1.87. The number of carbonyl (C=O) groups excluding carboxylic acids is 1. The van der Waals surface area contributed by atoms with E-state index in [1.807, 2.05) is 47.4 Å². The summed E-state index contributed by atoms with van der Waals surface area (Å²) in [6.07, 6.45) is 1.93. The predicted octanol–water partition coefficient (Wildman–Crippen LogP) is 3.71. The normalized spacial score (nSPS) is 17.4. The number of rotatable bonds is 6. The first-order valence-corrected chi connectivity index (χ1v) is 11.6. The lowest BCUT2D eigenvalue weighted by molar-refractivity contribution is -0.129. The number of likely N-dealkylation sites (tertiary alicyclic amines) is 1. The molecule has 0 saturated carbocycles. The van der Waals surface area contributed by atoms with E-state index in [-0.39, 0.29) is 11.9 Å². The van der Waals surface area contributed by atoms with E-state index in [0.717, 1.165) is 47.8 Å². The van der Waals surface area contributed by atoms with Crippen LogP contribution in [0.25, 0.3) is 11.4 Å². The lowest BCUT2D eigenvalue weighted by Gasteiger charge is -2.26. The van der Waals surface area contributed by atoms with E-state index < -0.39 is 0 Å². The van der Waals surface area contributed by atoms with Gasteiger partial charge in [0.1, 0.15) is 19.0 Å². The molecule has 0 unspecified atom stereocenters. The van der Waals surface area contributed by atoms with Crippen LogP contribution in [0.2, 0.25) is 0 Å². The van der Waals surface area contributed by atoms with Crippen molar-refractivity contribution in [3.8, 4) is 28.6 Å². The van der Waals surface area contributed by atoms with Crippen molar-refractivity contribution in [3.63, 3.8) is 0 Å². The van der Waals surface area contributed by atoms with E-state index in [4.69, 9.17) is 14.2 Å². The SMILES string of the molecule is COc1ccc(-c2nc(SCC(=O)N3CCC[C@@H]3c3ccc4c(c3)OCCO4)n[nH]2)cc1. The fourth-order valence-corrected chi connectivity index (χ4v) is 4.76. The van der Waals surface area contributed by atoms with Crippen LogP contribution in [0.3, 0.4) is 0 Å². The fraction of sp³-hybridized carbons (Fsp3) is 0.348. The quantitative estimate of drug-likeness (QED) is 0.570. The Bertz CT molecular complexity index is 1100. The number of benzene rings is 2. The van der Waals surface area contributed by atoms with Gasteiger partial charge in [-0.3, -0.25) is 9.89 Å². The second kappa shape index (κ2) is 9.12. The van der Waals surface area contributed by atoms with Gasteiger partial charge in [-0.15, -0.1) is 5.10 Å². The number of H-pyrrole nitrogens is 1. The molecule has 166 valence electrons. The minimum absolute atomic E-state index is 0.0564. The van der Waals surface area contributed by atoms with E-state index in [1.54, 1.807) is 7.11 Å². The number of nitrogens with zero attached hydrogens (tertiary/aromatic N) is 3. The number of hydrogen-bond acceptors (Lipinski definition) is 7. The number of aromatic amines is 1. The van der Waals surface area contributed by atoms with Gasteiger partial charge >= 0.3 is 0 Å². The molecule has 3 heterocycles. The topological polar surface area (TPSA) is 89.6 Å². The highest BCUT2D eigenvalue weighted by Gasteiger charge is 2.31. The highest BCUT2D eigenvalue weighted by Crippen LogP contribution is 2.38. The number of thioether (sulfide) groups is 1. The Kier molecular flexibility index (Phi) is 5.89. The van der Waals surface area contributed by atoms with Crippen LogP contribution in [-0.4, -0.2) is 58.6 Å². The molecule has 1 fully saturated rings. The van der Waals surface area contributed by atoms with Gasteiger partial charge in [0.15, 0.2) is 17.3 Å². The summed E-state index contributed by atoms with van der Waals surface area (Å²) in [7, 11) is 1.63. The maximum atomic E-state index is 13.0. The van der Waals surface area contributed by atoms with E-state index in [2.05, 4.69) is 15.2 Å².